The lowest BCUT2D eigenvalue weighted by Crippen LogP contribution is -2.05. The van der Waals surface area contributed by atoms with Crippen molar-refractivity contribution < 1.29 is 4.74 Å². The van der Waals surface area contributed by atoms with Crippen LogP contribution in [-0.2, 0) is 30.9 Å². The van der Waals surface area contributed by atoms with Crippen molar-refractivity contribution in [2.75, 3.05) is 0 Å². The smallest absolute Gasteiger partial charge is 0.0900 e. The number of aromatic nitrogens is 2. The van der Waals surface area contributed by atoms with Gasteiger partial charge in [-0.3, -0.25) is 4.68 Å². The summed E-state index contributed by atoms with van der Waals surface area (Å²) in [5.74, 6) is 0. The molecule has 3 nitrogen and oxygen atoms in total. The molecular weight excluding hydrogens is 340 g/mol. The first-order valence-electron chi connectivity index (χ1n) is 6.71. The number of nitrogens with zero attached hydrogens (tertiary/aromatic N) is 2. The Bertz CT molecular complexity index is 566. The summed E-state index contributed by atoms with van der Waals surface area (Å²) < 4.78 is 8.85. The van der Waals surface area contributed by atoms with E-state index >= 15 is 0 Å². The maximum absolute atomic E-state index is 5.86. The fourth-order valence-corrected chi connectivity index (χ4v) is 2.81. The Labute approximate surface area is 133 Å². The molecule has 0 atom stereocenters. The van der Waals surface area contributed by atoms with Crippen LogP contribution in [0, 0.1) is 0 Å². The van der Waals surface area contributed by atoms with Crippen molar-refractivity contribution in [1.29, 1.82) is 0 Å². The standard InChI is InChI=1S/C15H18BrClN2O/c1-3-13-15(16)14(19(4-2)18-13)10-20-9-11-5-7-12(17)8-6-11/h5-8H,3-4,9-10H2,1-2H3. The van der Waals surface area contributed by atoms with Gasteiger partial charge in [0.2, 0.25) is 0 Å². The average Bonchev–Trinajstić information content (AvgIpc) is 2.77. The maximum Gasteiger partial charge on any atom is 0.0900 e. The molecule has 1 aromatic heterocycles. The molecule has 20 heavy (non-hydrogen) atoms. The summed E-state index contributed by atoms with van der Waals surface area (Å²) in [6.45, 7) is 6.15. The van der Waals surface area contributed by atoms with Gasteiger partial charge in [0.05, 0.1) is 29.1 Å². The summed E-state index contributed by atoms with van der Waals surface area (Å²) in [7, 11) is 0. The second kappa shape index (κ2) is 7.25. The number of benzene rings is 1. The highest BCUT2D eigenvalue weighted by Gasteiger charge is 2.13. The van der Waals surface area contributed by atoms with E-state index in [0.29, 0.717) is 13.2 Å². The Kier molecular flexibility index (Phi) is 5.64. The van der Waals surface area contributed by atoms with Crippen molar-refractivity contribution in [2.45, 2.75) is 40.0 Å². The molecule has 2 rings (SSSR count). The van der Waals surface area contributed by atoms with E-state index in [2.05, 4.69) is 34.9 Å². The molecule has 0 unspecified atom stereocenters. The SMILES string of the molecule is CCc1nn(CC)c(COCc2ccc(Cl)cc2)c1Br. The zero-order valence-corrected chi connectivity index (χ0v) is 14.0. The van der Waals surface area contributed by atoms with Crippen LogP contribution in [-0.4, -0.2) is 9.78 Å². The minimum absolute atomic E-state index is 0.546. The third-order valence-corrected chi connectivity index (χ3v) is 4.28. The quantitative estimate of drug-likeness (QED) is 0.755. The Morgan fingerprint density at radius 3 is 2.50 bits per heavy atom. The normalized spacial score (nSPS) is 11.0. The Morgan fingerprint density at radius 1 is 1.20 bits per heavy atom. The van der Waals surface area contributed by atoms with E-state index in [9.17, 15) is 0 Å². The molecule has 1 heterocycles. The first-order valence-corrected chi connectivity index (χ1v) is 7.89. The lowest BCUT2D eigenvalue weighted by atomic mass is 10.2. The highest BCUT2D eigenvalue weighted by molar-refractivity contribution is 9.10. The number of hydrogen-bond acceptors (Lipinski definition) is 2. The van der Waals surface area contributed by atoms with Crippen LogP contribution in [0.15, 0.2) is 28.7 Å². The second-order valence-electron chi connectivity index (χ2n) is 4.50. The van der Waals surface area contributed by atoms with Gasteiger partial charge in [-0.25, -0.2) is 0 Å². The molecule has 0 saturated heterocycles. The van der Waals surface area contributed by atoms with E-state index in [-0.39, 0.29) is 0 Å². The Balaban J connectivity index is 2.00. The van der Waals surface area contributed by atoms with Gasteiger partial charge in [-0.15, -0.1) is 0 Å². The lowest BCUT2D eigenvalue weighted by molar-refractivity contribution is 0.101. The molecule has 0 amide bonds. The molecule has 0 N–H and O–H groups in total. The van der Waals surface area contributed by atoms with Gasteiger partial charge < -0.3 is 4.74 Å². The third-order valence-electron chi connectivity index (χ3n) is 3.11. The van der Waals surface area contributed by atoms with Crippen LogP contribution in [0.3, 0.4) is 0 Å². The monoisotopic (exact) mass is 356 g/mol. The number of ether oxygens (including phenoxy) is 1. The molecule has 0 radical (unpaired) electrons. The number of halogens is 2. The van der Waals surface area contributed by atoms with Crippen LogP contribution < -0.4 is 0 Å². The molecule has 2 aromatic rings. The Hall–Kier alpha value is -0.840. The van der Waals surface area contributed by atoms with Crippen molar-refractivity contribution in [3.8, 4) is 0 Å². The molecule has 0 bridgehead atoms. The van der Waals surface area contributed by atoms with Crippen molar-refractivity contribution in [3.05, 3.63) is 50.7 Å². The van der Waals surface area contributed by atoms with Gasteiger partial charge in [0.25, 0.3) is 0 Å². The van der Waals surface area contributed by atoms with Gasteiger partial charge in [-0.1, -0.05) is 30.7 Å². The minimum atomic E-state index is 0.546. The van der Waals surface area contributed by atoms with E-state index in [4.69, 9.17) is 16.3 Å². The highest BCUT2D eigenvalue weighted by Crippen LogP contribution is 2.23. The van der Waals surface area contributed by atoms with Gasteiger partial charge in [0.1, 0.15) is 0 Å². The van der Waals surface area contributed by atoms with Crippen molar-refractivity contribution >= 4 is 27.5 Å². The fourth-order valence-electron chi connectivity index (χ4n) is 2.00. The summed E-state index contributed by atoms with van der Waals surface area (Å²) in [5.41, 5.74) is 3.29. The van der Waals surface area contributed by atoms with E-state index < -0.39 is 0 Å². The van der Waals surface area contributed by atoms with Gasteiger partial charge in [0.15, 0.2) is 0 Å². The summed E-state index contributed by atoms with van der Waals surface area (Å²) in [6.07, 6.45) is 0.914. The Morgan fingerprint density at radius 2 is 1.90 bits per heavy atom. The minimum Gasteiger partial charge on any atom is -0.370 e. The first kappa shape index (κ1) is 15.5. The van der Waals surface area contributed by atoms with Gasteiger partial charge >= 0.3 is 0 Å². The van der Waals surface area contributed by atoms with Crippen LogP contribution in [0.5, 0.6) is 0 Å². The molecule has 5 heteroatoms. The summed E-state index contributed by atoms with van der Waals surface area (Å²) in [5, 5.41) is 5.30. The maximum atomic E-state index is 5.86. The molecule has 1 aromatic carbocycles. The molecule has 0 fully saturated rings. The number of aryl methyl sites for hydroxylation is 2. The molecule has 0 aliphatic heterocycles. The molecule has 108 valence electrons. The van der Waals surface area contributed by atoms with E-state index in [0.717, 1.165) is 39.4 Å². The number of hydrogen-bond donors (Lipinski definition) is 0. The third kappa shape index (κ3) is 3.62. The highest BCUT2D eigenvalue weighted by atomic mass is 79.9. The first-order chi connectivity index (χ1) is 9.65. The second-order valence-corrected chi connectivity index (χ2v) is 5.73. The fraction of sp³-hybridized carbons (Fsp3) is 0.400. The zero-order valence-electron chi connectivity index (χ0n) is 11.7. The molecule has 0 saturated carbocycles. The molecule has 0 aliphatic rings. The summed E-state index contributed by atoms with van der Waals surface area (Å²) in [6, 6.07) is 7.71. The summed E-state index contributed by atoms with van der Waals surface area (Å²) >= 11 is 9.48. The van der Waals surface area contributed by atoms with Crippen molar-refractivity contribution in [1.82, 2.24) is 9.78 Å². The van der Waals surface area contributed by atoms with E-state index in [1.807, 2.05) is 28.9 Å². The van der Waals surface area contributed by atoms with Crippen LogP contribution >= 0.6 is 27.5 Å². The molecule has 0 aliphatic carbocycles. The van der Waals surface area contributed by atoms with Crippen LogP contribution in [0.1, 0.15) is 30.8 Å². The molecule has 0 spiro atoms. The van der Waals surface area contributed by atoms with Gasteiger partial charge in [-0.2, -0.15) is 5.10 Å². The van der Waals surface area contributed by atoms with Crippen LogP contribution in [0.2, 0.25) is 5.02 Å². The predicted molar refractivity (Wildman–Crippen MR) is 84.9 cm³/mol. The van der Waals surface area contributed by atoms with Crippen LogP contribution in [0.4, 0.5) is 0 Å². The van der Waals surface area contributed by atoms with Crippen molar-refractivity contribution in [3.63, 3.8) is 0 Å². The van der Waals surface area contributed by atoms with E-state index in [1.165, 1.54) is 0 Å². The van der Waals surface area contributed by atoms with Crippen LogP contribution in [0.25, 0.3) is 0 Å². The summed E-state index contributed by atoms with van der Waals surface area (Å²) in [4.78, 5) is 0. The van der Waals surface area contributed by atoms with Crippen molar-refractivity contribution in [2.24, 2.45) is 0 Å². The van der Waals surface area contributed by atoms with Gasteiger partial charge in [-0.05, 0) is 47.0 Å². The zero-order chi connectivity index (χ0) is 14.5. The van der Waals surface area contributed by atoms with Gasteiger partial charge in [0, 0.05) is 11.6 Å². The molecular formula is C15H18BrClN2O. The predicted octanol–water partition coefficient (Wildman–Crippen LogP) is 4.60. The largest absolute Gasteiger partial charge is 0.370 e. The topological polar surface area (TPSA) is 27.1 Å². The lowest BCUT2D eigenvalue weighted by Gasteiger charge is -2.07. The number of rotatable bonds is 6. The van der Waals surface area contributed by atoms with E-state index in [1.54, 1.807) is 0 Å². The average molecular weight is 358 g/mol.